The van der Waals surface area contributed by atoms with E-state index >= 15 is 0 Å². The molecule has 5 nitrogen and oxygen atoms in total. The molecule has 0 radical (unpaired) electrons. The minimum absolute atomic E-state index is 0.400. The van der Waals surface area contributed by atoms with Crippen LogP contribution in [0, 0.1) is 0 Å². The molecule has 1 amide bonds. The number of carbonyl (C=O) groups is 1. The van der Waals surface area contributed by atoms with Gasteiger partial charge in [0.2, 0.25) is 0 Å². The molecule has 0 unspecified atom stereocenters. The monoisotopic (exact) mass is 269 g/mol. The van der Waals surface area contributed by atoms with Gasteiger partial charge in [0.05, 0.1) is 12.5 Å². The van der Waals surface area contributed by atoms with Gasteiger partial charge in [-0.2, -0.15) is 0 Å². The van der Waals surface area contributed by atoms with Crippen LogP contribution in [-0.4, -0.2) is 13.2 Å². The number of carbonyl (C=O) groups excluding carboxylic acids is 1. The summed E-state index contributed by atoms with van der Waals surface area (Å²) in [6, 6.07) is 12.4. The number of rotatable bonds is 1. The standard InChI is InChI=1S/C15H11NO4/c1-19-15(18)16-9-6-7-11-10-4-2-3-5-12(10)14(17)20-13(11)8-9/h2-8H,1H3,(H,16,18). The molecule has 5 heteroatoms. The zero-order valence-electron chi connectivity index (χ0n) is 10.7. The number of hydrogen-bond donors (Lipinski definition) is 1. The maximum absolute atomic E-state index is 11.9. The second-order valence-electron chi connectivity index (χ2n) is 4.26. The van der Waals surface area contributed by atoms with Crippen molar-refractivity contribution >= 4 is 33.5 Å². The van der Waals surface area contributed by atoms with Gasteiger partial charge in [0.15, 0.2) is 0 Å². The Hall–Kier alpha value is -2.82. The van der Waals surface area contributed by atoms with E-state index in [0.29, 0.717) is 16.7 Å². The first-order valence-electron chi connectivity index (χ1n) is 5.99. The fourth-order valence-electron chi connectivity index (χ4n) is 2.13. The first kappa shape index (κ1) is 12.2. The quantitative estimate of drug-likeness (QED) is 0.544. The number of ether oxygens (including phenoxy) is 1. The summed E-state index contributed by atoms with van der Waals surface area (Å²) < 4.78 is 9.80. The van der Waals surface area contributed by atoms with E-state index in [2.05, 4.69) is 10.1 Å². The number of nitrogens with one attached hydrogen (secondary N) is 1. The third-order valence-corrected chi connectivity index (χ3v) is 3.05. The molecule has 0 aliphatic heterocycles. The maximum atomic E-state index is 11.9. The van der Waals surface area contributed by atoms with E-state index in [1.807, 2.05) is 12.1 Å². The molecule has 0 bridgehead atoms. The Morgan fingerprint density at radius 1 is 1.10 bits per heavy atom. The molecule has 1 heterocycles. The van der Waals surface area contributed by atoms with E-state index in [9.17, 15) is 9.59 Å². The molecule has 0 aliphatic rings. The topological polar surface area (TPSA) is 68.5 Å². The van der Waals surface area contributed by atoms with Crippen LogP contribution in [0.1, 0.15) is 0 Å². The first-order valence-corrected chi connectivity index (χ1v) is 5.99. The van der Waals surface area contributed by atoms with E-state index < -0.39 is 11.7 Å². The van der Waals surface area contributed by atoms with Gasteiger partial charge in [0, 0.05) is 17.1 Å². The molecule has 3 aromatic rings. The molecule has 1 aromatic heterocycles. The molecule has 3 rings (SSSR count). The number of hydrogen-bond acceptors (Lipinski definition) is 4. The van der Waals surface area contributed by atoms with Crippen molar-refractivity contribution in [3.63, 3.8) is 0 Å². The molecule has 20 heavy (non-hydrogen) atoms. The SMILES string of the molecule is COC(=O)Nc1ccc2c(c1)oc(=O)c1ccccc12. The summed E-state index contributed by atoms with van der Waals surface area (Å²) >= 11 is 0. The average Bonchev–Trinajstić information content (AvgIpc) is 2.47. The molecule has 0 saturated carbocycles. The summed E-state index contributed by atoms with van der Waals surface area (Å²) in [5.41, 5.74) is 0.522. The van der Waals surface area contributed by atoms with Gasteiger partial charge in [-0.15, -0.1) is 0 Å². The van der Waals surface area contributed by atoms with Crippen LogP contribution in [0.2, 0.25) is 0 Å². The van der Waals surface area contributed by atoms with Crippen LogP contribution >= 0.6 is 0 Å². The Kier molecular flexibility index (Phi) is 2.87. The van der Waals surface area contributed by atoms with Gasteiger partial charge in [0.25, 0.3) is 0 Å². The van der Waals surface area contributed by atoms with Gasteiger partial charge in [-0.1, -0.05) is 18.2 Å². The van der Waals surface area contributed by atoms with Crippen LogP contribution in [-0.2, 0) is 4.74 Å². The second kappa shape index (κ2) is 4.70. The van der Waals surface area contributed by atoms with Crippen molar-refractivity contribution in [3.8, 4) is 0 Å². The summed E-state index contributed by atoms with van der Waals surface area (Å²) in [6.07, 6.45) is -0.576. The van der Waals surface area contributed by atoms with Gasteiger partial charge < -0.3 is 9.15 Å². The number of amides is 1. The normalized spacial score (nSPS) is 10.7. The molecular formula is C15H11NO4. The minimum Gasteiger partial charge on any atom is -0.453 e. The molecule has 0 atom stereocenters. The molecule has 0 aliphatic carbocycles. The summed E-state index contributed by atoms with van der Waals surface area (Å²) in [7, 11) is 1.28. The van der Waals surface area contributed by atoms with Crippen LogP contribution in [0.5, 0.6) is 0 Å². The molecule has 2 aromatic carbocycles. The van der Waals surface area contributed by atoms with Gasteiger partial charge in [-0.25, -0.2) is 9.59 Å². The third-order valence-electron chi connectivity index (χ3n) is 3.05. The number of methoxy groups -OCH3 is 1. The maximum Gasteiger partial charge on any atom is 0.411 e. The van der Waals surface area contributed by atoms with Crippen molar-refractivity contribution in [3.05, 3.63) is 52.9 Å². The Balaban J connectivity index is 2.23. The number of anilines is 1. The largest absolute Gasteiger partial charge is 0.453 e. The summed E-state index contributed by atoms with van der Waals surface area (Å²) in [5, 5.41) is 4.70. The lowest BCUT2D eigenvalue weighted by Gasteiger charge is -2.06. The van der Waals surface area contributed by atoms with E-state index in [1.165, 1.54) is 7.11 Å². The van der Waals surface area contributed by atoms with Crippen LogP contribution in [0.15, 0.2) is 51.7 Å². The molecule has 100 valence electrons. The van der Waals surface area contributed by atoms with E-state index in [-0.39, 0.29) is 0 Å². The Morgan fingerprint density at radius 3 is 2.60 bits per heavy atom. The van der Waals surface area contributed by atoms with E-state index in [4.69, 9.17) is 4.42 Å². The van der Waals surface area contributed by atoms with Crippen molar-refractivity contribution in [1.29, 1.82) is 0 Å². The zero-order chi connectivity index (χ0) is 14.1. The average molecular weight is 269 g/mol. The van der Waals surface area contributed by atoms with Crippen LogP contribution in [0.25, 0.3) is 21.7 Å². The predicted octanol–water partition coefficient (Wildman–Crippen LogP) is 3.12. The summed E-state index contributed by atoms with van der Waals surface area (Å²) in [5.74, 6) is 0. The summed E-state index contributed by atoms with van der Waals surface area (Å²) in [4.78, 5) is 23.1. The third kappa shape index (κ3) is 1.99. The highest BCUT2D eigenvalue weighted by molar-refractivity contribution is 6.05. The fraction of sp³-hybridized carbons (Fsp3) is 0.0667. The van der Waals surface area contributed by atoms with Crippen LogP contribution in [0.3, 0.4) is 0 Å². The van der Waals surface area contributed by atoms with Crippen molar-refractivity contribution in [2.45, 2.75) is 0 Å². The Bertz CT molecular complexity index is 867. The minimum atomic E-state index is -0.576. The first-order chi connectivity index (χ1) is 9.69. The van der Waals surface area contributed by atoms with Crippen molar-refractivity contribution in [1.82, 2.24) is 0 Å². The highest BCUT2D eigenvalue weighted by Crippen LogP contribution is 2.25. The van der Waals surface area contributed by atoms with Crippen molar-refractivity contribution < 1.29 is 13.9 Å². The van der Waals surface area contributed by atoms with Crippen LogP contribution in [0.4, 0.5) is 10.5 Å². The Morgan fingerprint density at radius 2 is 1.85 bits per heavy atom. The smallest absolute Gasteiger partial charge is 0.411 e. The fourth-order valence-corrected chi connectivity index (χ4v) is 2.13. The van der Waals surface area contributed by atoms with Crippen molar-refractivity contribution in [2.24, 2.45) is 0 Å². The molecular weight excluding hydrogens is 258 g/mol. The highest BCUT2D eigenvalue weighted by Gasteiger charge is 2.08. The molecule has 0 saturated heterocycles. The number of fused-ring (bicyclic) bond motifs is 3. The van der Waals surface area contributed by atoms with Gasteiger partial charge in [-0.3, -0.25) is 5.32 Å². The molecule has 1 N–H and O–H groups in total. The van der Waals surface area contributed by atoms with Gasteiger partial charge in [-0.05, 0) is 23.6 Å². The lowest BCUT2D eigenvalue weighted by molar-refractivity contribution is 0.187. The van der Waals surface area contributed by atoms with Gasteiger partial charge in [0.1, 0.15) is 5.58 Å². The van der Waals surface area contributed by atoms with Crippen LogP contribution < -0.4 is 10.9 Å². The molecule has 0 spiro atoms. The highest BCUT2D eigenvalue weighted by atomic mass is 16.5. The summed E-state index contributed by atoms with van der Waals surface area (Å²) in [6.45, 7) is 0. The second-order valence-corrected chi connectivity index (χ2v) is 4.26. The zero-order valence-corrected chi connectivity index (χ0v) is 10.7. The number of benzene rings is 2. The van der Waals surface area contributed by atoms with E-state index in [0.717, 1.165) is 10.8 Å². The van der Waals surface area contributed by atoms with Gasteiger partial charge >= 0.3 is 11.7 Å². The lowest BCUT2D eigenvalue weighted by atomic mass is 10.1. The lowest BCUT2D eigenvalue weighted by Crippen LogP contribution is -2.10. The Labute approximate surface area is 113 Å². The predicted molar refractivity (Wildman–Crippen MR) is 76.0 cm³/mol. The van der Waals surface area contributed by atoms with E-state index in [1.54, 1.807) is 30.3 Å². The van der Waals surface area contributed by atoms with Crippen molar-refractivity contribution in [2.75, 3.05) is 12.4 Å². The molecule has 0 fully saturated rings.